The van der Waals surface area contributed by atoms with Crippen LogP contribution >= 0.6 is 0 Å². The lowest BCUT2D eigenvalue weighted by atomic mass is 10.0. The van der Waals surface area contributed by atoms with E-state index in [0.717, 1.165) is 13.0 Å². The van der Waals surface area contributed by atoms with Gasteiger partial charge in [-0.3, -0.25) is 0 Å². The van der Waals surface area contributed by atoms with Crippen molar-refractivity contribution in [2.24, 2.45) is 0 Å². The number of nitrogens with one attached hydrogen (secondary N) is 3. The average molecular weight is 251 g/mol. The van der Waals surface area contributed by atoms with E-state index >= 15 is 0 Å². The van der Waals surface area contributed by atoms with Crippen LogP contribution in [0.5, 0.6) is 0 Å². The molecule has 3 aromatic rings. The molecule has 0 atom stereocenters. The molecule has 0 aliphatic carbocycles. The molecule has 1 aliphatic rings. The van der Waals surface area contributed by atoms with Gasteiger partial charge in [0.2, 0.25) is 0 Å². The number of rotatable bonds is 0. The molecule has 96 valence electrons. The summed E-state index contributed by atoms with van der Waals surface area (Å²) in [6.07, 6.45) is 3.58. The summed E-state index contributed by atoms with van der Waals surface area (Å²) in [5.41, 5.74) is 11.7. The van der Waals surface area contributed by atoms with Crippen molar-refractivity contribution in [2.75, 3.05) is 12.0 Å². The summed E-state index contributed by atoms with van der Waals surface area (Å²) in [6.45, 7) is 1.03. The molecule has 1 aliphatic heterocycles. The standard InChI is InChI=1S/C16H17N3/c1-2-7-14-11(5-1)12-8-9-15-13(16(12)18-14)6-3-4-10-17-19-15/h1-2,5,7-9,17-19H,3-4,6,10H2. The van der Waals surface area contributed by atoms with Crippen molar-refractivity contribution in [1.29, 1.82) is 0 Å². The molecule has 2 heterocycles. The van der Waals surface area contributed by atoms with Gasteiger partial charge in [0.05, 0.1) is 11.2 Å². The number of hydrogen-bond donors (Lipinski definition) is 3. The van der Waals surface area contributed by atoms with Crippen LogP contribution in [0.3, 0.4) is 0 Å². The zero-order valence-electron chi connectivity index (χ0n) is 10.8. The number of aromatic nitrogens is 1. The number of hydrazine groups is 1. The fourth-order valence-electron chi connectivity index (χ4n) is 3.03. The Morgan fingerprint density at radius 1 is 0.895 bits per heavy atom. The number of fused-ring (bicyclic) bond motifs is 5. The molecular weight excluding hydrogens is 234 g/mol. The molecule has 0 radical (unpaired) electrons. The van der Waals surface area contributed by atoms with Crippen LogP contribution in [0.2, 0.25) is 0 Å². The minimum Gasteiger partial charge on any atom is -0.354 e. The van der Waals surface area contributed by atoms with E-state index in [1.165, 1.54) is 45.9 Å². The molecule has 2 aromatic carbocycles. The van der Waals surface area contributed by atoms with Crippen molar-refractivity contribution in [2.45, 2.75) is 19.3 Å². The lowest BCUT2D eigenvalue weighted by Crippen LogP contribution is -2.25. The van der Waals surface area contributed by atoms with Crippen molar-refractivity contribution in [1.82, 2.24) is 10.4 Å². The van der Waals surface area contributed by atoms with Gasteiger partial charge in [-0.05, 0) is 31.4 Å². The van der Waals surface area contributed by atoms with E-state index in [-0.39, 0.29) is 0 Å². The van der Waals surface area contributed by atoms with E-state index in [1.807, 2.05) is 0 Å². The summed E-state index contributed by atoms with van der Waals surface area (Å²) in [5.74, 6) is 0. The first kappa shape index (κ1) is 10.9. The molecule has 0 fully saturated rings. The highest BCUT2D eigenvalue weighted by molar-refractivity contribution is 6.09. The van der Waals surface area contributed by atoms with Gasteiger partial charge in [-0.1, -0.05) is 24.3 Å². The van der Waals surface area contributed by atoms with E-state index < -0.39 is 0 Å². The Balaban J connectivity index is 2.02. The number of H-pyrrole nitrogens is 1. The minimum absolute atomic E-state index is 1.03. The Kier molecular flexibility index (Phi) is 2.45. The fourth-order valence-corrected chi connectivity index (χ4v) is 3.03. The zero-order chi connectivity index (χ0) is 12.7. The molecule has 3 heteroatoms. The second-order valence-electron chi connectivity index (χ2n) is 5.19. The normalized spacial score (nSPS) is 15.8. The third-order valence-electron chi connectivity index (χ3n) is 3.99. The topological polar surface area (TPSA) is 39.9 Å². The summed E-state index contributed by atoms with van der Waals surface area (Å²) >= 11 is 0. The van der Waals surface area contributed by atoms with Crippen LogP contribution in [-0.2, 0) is 6.42 Å². The Hall–Kier alpha value is -2.00. The molecule has 0 saturated carbocycles. The molecule has 0 spiro atoms. The molecule has 0 bridgehead atoms. The van der Waals surface area contributed by atoms with Gasteiger partial charge in [0, 0.05) is 28.4 Å². The molecular formula is C16H17N3. The van der Waals surface area contributed by atoms with Crippen LogP contribution < -0.4 is 10.9 Å². The van der Waals surface area contributed by atoms with Crippen molar-refractivity contribution < 1.29 is 0 Å². The first-order valence-electron chi connectivity index (χ1n) is 6.95. The van der Waals surface area contributed by atoms with Crippen molar-refractivity contribution >= 4 is 27.5 Å². The Morgan fingerprint density at radius 3 is 2.84 bits per heavy atom. The molecule has 0 saturated heterocycles. The van der Waals surface area contributed by atoms with Gasteiger partial charge in [-0.2, -0.15) is 0 Å². The van der Waals surface area contributed by atoms with Crippen molar-refractivity contribution in [3.05, 3.63) is 42.0 Å². The highest BCUT2D eigenvalue weighted by atomic mass is 15.4. The number of benzene rings is 2. The quantitative estimate of drug-likeness (QED) is 0.571. The fraction of sp³-hybridized carbons (Fsp3) is 0.250. The number of hydrogen-bond acceptors (Lipinski definition) is 2. The van der Waals surface area contributed by atoms with E-state index in [4.69, 9.17) is 0 Å². The third-order valence-corrected chi connectivity index (χ3v) is 3.99. The lowest BCUT2D eigenvalue weighted by molar-refractivity contribution is 0.658. The molecule has 1 aromatic heterocycles. The maximum absolute atomic E-state index is 3.59. The van der Waals surface area contributed by atoms with Crippen LogP contribution in [-0.4, -0.2) is 11.5 Å². The molecule has 19 heavy (non-hydrogen) atoms. The zero-order valence-corrected chi connectivity index (χ0v) is 10.8. The first-order valence-corrected chi connectivity index (χ1v) is 6.95. The monoisotopic (exact) mass is 251 g/mol. The van der Waals surface area contributed by atoms with Gasteiger partial charge in [0.25, 0.3) is 0 Å². The van der Waals surface area contributed by atoms with E-state index in [1.54, 1.807) is 0 Å². The minimum atomic E-state index is 1.03. The summed E-state index contributed by atoms with van der Waals surface area (Å²) in [4.78, 5) is 3.59. The van der Waals surface area contributed by atoms with Crippen LogP contribution in [0.1, 0.15) is 18.4 Å². The maximum Gasteiger partial charge on any atom is 0.0540 e. The Bertz CT molecular complexity index is 742. The summed E-state index contributed by atoms with van der Waals surface area (Å²) in [5, 5.41) is 2.65. The lowest BCUT2D eigenvalue weighted by Gasteiger charge is -2.17. The largest absolute Gasteiger partial charge is 0.354 e. The number of aryl methyl sites for hydroxylation is 1. The predicted molar refractivity (Wildman–Crippen MR) is 80.4 cm³/mol. The van der Waals surface area contributed by atoms with Gasteiger partial charge in [-0.25, -0.2) is 5.43 Å². The summed E-state index contributed by atoms with van der Waals surface area (Å²) in [7, 11) is 0. The SMILES string of the molecule is c1ccc2c(c1)[nH]c1c3c(ccc12)NNCCCC3. The number of anilines is 1. The van der Waals surface area contributed by atoms with Crippen molar-refractivity contribution in [3.63, 3.8) is 0 Å². The van der Waals surface area contributed by atoms with E-state index in [9.17, 15) is 0 Å². The van der Waals surface area contributed by atoms with Crippen LogP contribution in [0.25, 0.3) is 21.8 Å². The molecule has 0 amide bonds. The smallest absolute Gasteiger partial charge is 0.0540 e. The van der Waals surface area contributed by atoms with Crippen LogP contribution in [0.4, 0.5) is 5.69 Å². The summed E-state index contributed by atoms with van der Waals surface area (Å²) in [6, 6.07) is 12.9. The van der Waals surface area contributed by atoms with Gasteiger partial charge in [-0.15, -0.1) is 0 Å². The first-order chi connectivity index (χ1) is 9.43. The maximum atomic E-state index is 3.59. The second kappa shape index (κ2) is 4.28. The van der Waals surface area contributed by atoms with Gasteiger partial charge in [0.15, 0.2) is 0 Å². The highest BCUT2D eigenvalue weighted by Gasteiger charge is 2.13. The van der Waals surface area contributed by atoms with Gasteiger partial charge in [0.1, 0.15) is 0 Å². The number of para-hydroxylation sites is 1. The molecule has 4 rings (SSSR count). The van der Waals surface area contributed by atoms with Gasteiger partial charge >= 0.3 is 0 Å². The van der Waals surface area contributed by atoms with E-state index in [2.05, 4.69) is 52.2 Å². The Labute approximate surface area is 112 Å². The highest BCUT2D eigenvalue weighted by Crippen LogP contribution is 2.32. The summed E-state index contributed by atoms with van der Waals surface area (Å²) < 4.78 is 0. The third kappa shape index (κ3) is 1.70. The average Bonchev–Trinajstić information content (AvgIpc) is 2.77. The van der Waals surface area contributed by atoms with Gasteiger partial charge < -0.3 is 10.4 Å². The van der Waals surface area contributed by atoms with Crippen LogP contribution in [0, 0.1) is 0 Å². The second-order valence-corrected chi connectivity index (χ2v) is 5.19. The van der Waals surface area contributed by atoms with Crippen LogP contribution in [0.15, 0.2) is 36.4 Å². The van der Waals surface area contributed by atoms with E-state index in [0.29, 0.717) is 0 Å². The van der Waals surface area contributed by atoms with Crippen molar-refractivity contribution in [3.8, 4) is 0 Å². The predicted octanol–water partition coefficient (Wildman–Crippen LogP) is 3.57. The molecule has 0 unspecified atom stereocenters. The Morgan fingerprint density at radius 2 is 1.84 bits per heavy atom. The number of aromatic amines is 1. The molecule has 3 nitrogen and oxygen atoms in total. The molecule has 3 N–H and O–H groups in total.